The number of rotatable bonds is 6. The summed E-state index contributed by atoms with van der Waals surface area (Å²) < 4.78 is 5.90. The van der Waals surface area contributed by atoms with Crippen LogP contribution in [0.2, 0.25) is 5.02 Å². The van der Waals surface area contributed by atoms with Crippen LogP contribution in [0, 0.1) is 11.3 Å². The minimum absolute atomic E-state index is 0.0310. The lowest BCUT2D eigenvalue weighted by atomic mass is 9.69. The Morgan fingerprint density at radius 2 is 1.88 bits per heavy atom. The van der Waals surface area contributed by atoms with Gasteiger partial charge in [0.05, 0.1) is 5.56 Å². The number of anilines is 1. The van der Waals surface area contributed by atoms with E-state index in [2.05, 4.69) is 31.4 Å². The van der Waals surface area contributed by atoms with E-state index in [0.717, 1.165) is 46.7 Å². The highest BCUT2D eigenvalue weighted by Crippen LogP contribution is 2.47. The molecular formula is C28H31ClN2O2S. The monoisotopic (exact) mass is 494 g/mol. The van der Waals surface area contributed by atoms with Gasteiger partial charge in [0.2, 0.25) is 0 Å². The third-order valence-electron chi connectivity index (χ3n) is 7.63. The Labute approximate surface area is 210 Å². The molecule has 2 aliphatic rings. The number of carbonyl (C=O) groups is 1. The van der Waals surface area contributed by atoms with Gasteiger partial charge >= 0.3 is 0 Å². The highest BCUT2D eigenvalue weighted by atomic mass is 35.5. The van der Waals surface area contributed by atoms with E-state index in [-0.39, 0.29) is 12.1 Å². The van der Waals surface area contributed by atoms with Gasteiger partial charge in [0, 0.05) is 15.5 Å². The first-order valence-corrected chi connectivity index (χ1v) is 13.2. The van der Waals surface area contributed by atoms with Crippen molar-refractivity contribution in [3.05, 3.63) is 80.7 Å². The van der Waals surface area contributed by atoms with Crippen LogP contribution in [-0.4, -0.2) is 5.91 Å². The fourth-order valence-corrected chi connectivity index (χ4v) is 6.50. The summed E-state index contributed by atoms with van der Waals surface area (Å²) in [6.07, 6.45) is 4.15. The van der Waals surface area contributed by atoms with Gasteiger partial charge in [0.25, 0.3) is 5.91 Å². The number of fused-ring (bicyclic) bond motifs is 3. The Morgan fingerprint density at radius 1 is 1.12 bits per heavy atom. The zero-order chi connectivity index (χ0) is 23.9. The van der Waals surface area contributed by atoms with E-state index < -0.39 is 0 Å². The molecule has 0 fully saturated rings. The van der Waals surface area contributed by atoms with Crippen molar-refractivity contribution >= 4 is 33.8 Å². The molecule has 0 saturated carbocycles. The predicted octanol–water partition coefficient (Wildman–Crippen LogP) is 7.38. The molecule has 6 heteroatoms. The molecule has 2 N–H and O–H groups in total. The summed E-state index contributed by atoms with van der Waals surface area (Å²) in [5.41, 5.74) is 4.41. The van der Waals surface area contributed by atoms with Crippen molar-refractivity contribution in [3.8, 4) is 5.75 Å². The minimum Gasteiger partial charge on any atom is -0.489 e. The number of hydrogen-bond donors (Lipinski definition) is 2. The van der Waals surface area contributed by atoms with Gasteiger partial charge in [-0.3, -0.25) is 4.79 Å². The molecule has 2 atom stereocenters. The molecule has 3 aromatic rings. The second-order valence-corrected chi connectivity index (χ2v) is 11.5. The molecule has 0 unspecified atom stereocenters. The lowest BCUT2D eigenvalue weighted by molar-refractivity contribution is 0.0934. The Balaban J connectivity index is 1.29. The van der Waals surface area contributed by atoms with Crippen LogP contribution in [0.25, 0.3) is 0 Å². The Bertz CT molecular complexity index is 1200. The van der Waals surface area contributed by atoms with Crippen LogP contribution in [0.15, 0.2) is 48.5 Å². The van der Waals surface area contributed by atoms with Gasteiger partial charge in [0.15, 0.2) is 0 Å². The van der Waals surface area contributed by atoms with Crippen molar-refractivity contribution in [2.45, 2.75) is 59.2 Å². The molecule has 0 radical (unpaired) electrons. The van der Waals surface area contributed by atoms with Gasteiger partial charge in [0.1, 0.15) is 23.5 Å². The second-order valence-electron chi connectivity index (χ2n) is 9.99. The summed E-state index contributed by atoms with van der Waals surface area (Å²) in [6.45, 7) is 7.44. The number of halogens is 1. The fraction of sp³-hybridized carbons (Fsp3) is 0.393. The van der Waals surface area contributed by atoms with E-state index in [9.17, 15) is 4.79 Å². The smallest absolute Gasteiger partial charge is 0.256 e. The predicted molar refractivity (Wildman–Crippen MR) is 140 cm³/mol. The maximum atomic E-state index is 13.1. The number of amides is 1. The maximum absolute atomic E-state index is 13.1. The molecular weight excluding hydrogens is 464 g/mol. The van der Waals surface area contributed by atoms with Crippen LogP contribution in [0.3, 0.4) is 0 Å². The summed E-state index contributed by atoms with van der Waals surface area (Å²) >= 11 is 7.99. The highest BCUT2D eigenvalue weighted by molar-refractivity contribution is 7.16. The van der Waals surface area contributed by atoms with Crippen molar-refractivity contribution in [2.75, 3.05) is 5.32 Å². The topological polar surface area (TPSA) is 50.4 Å². The Kier molecular flexibility index (Phi) is 6.34. The van der Waals surface area contributed by atoms with Gasteiger partial charge < -0.3 is 15.4 Å². The summed E-state index contributed by atoms with van der Waals surface area (Å²) in [6, 6.07) is 15.6. The largest absolute Gasteiger partial charge is 0.489 e. The summed E-state index contributed by atoms with van der Waals surface area (Å²) in [4.78, 5) is 14.5. The number of ether oxygens (including phenoxy) is 1. The normalized spacial score (nSPS) is 19.6. The van der Waals surface area contributed by atoms with Crippen molar-refractivity contribution in [3.63, 3.8) is 0 Å². The van der Waals surface area contributed by atoms with Crippen LogP contribution in [0.5, 0.6) is 5.75 Å². The van der Waals surface area contributed by atoms with Gasteiger partial charge in [-0.15, -0.1) is 11.3 Å². The number of thiophene rings is 1. The van der Waals surface area contributed by atoms with E-state index in [1.807, 2.05) is 48.5 Å². The average molecular weight is 495 g/mol. The molecule has 0 spiro atoms. The van der Waals surface area contributed by atoms with Gasteiger partial charge in [-0.1, -0.05) is 69.1 Å². The van der Waals surface area contributed by atoms with Gasteiger partial charge in [-0.25, -0.2) is 0 Å². The number of hydrogen-bond acceptors (Lipinski definition) is 4. The molecule has 4 nitrogen and oxygen atoms in total. The van der Waals surface area contributed by atoms with Crippen LogP contribution in [0.1, 0.15) is 71.7 Å². The van der Waals surface area contributed by atoms with Crippen LogP contribution in [0.4, 0.5) is 5.00 Å². The SMILES string of the molecule is CCC(C)(C)[C@H]1CCc2c(sc3c2C(=O)N[C@H](c2ccc(OCc4ccccc4Cl)cc2)N3)C1. The van der Waals surface area contributed by atoms with E-state index in [1.54, 1.807) is 11.3 Å². The van der Waals surface area contributed by atoms with Crippen molar-refractivity contribution in [1.29, 1.82) is 0 Å². The first-order valence-electron chi connectivity index (χ1n) is 12.0. The number of nitrogens with one attached hydrogen (secondary N) is 2. The van der Waals surface area contributed by atoms with E-state index in [1.165, 1.54) is 16.9 Å². The van der Waals surface area contributed by atoms with Crippen molar-refractivity contribution in [2.24, 2.45) is 11.3 Å². The molecule has 178 valence electrons. The standard InChI is InChI=1S/C28H31ClN2O2S/c1-4-28(2,3)19-11-14-21-23(15-19)34-27-24(21)26(32)30-25(31-27)17-9-12-20(13-10-17)33-16-18-7-5-6-8-22(18)29/h5-10,12-13,19,25,31H,4,11,14-16H2,1-3H3,(H,30,32)/t19-,25-/m0/s1. The molecule has 2 aromatic carbocycles. The quantitative estimate of drug-likeness (QED) is 0.376. The first-order chi connectivity index (χ1) is 16.4. The first kappa shape index (κ1) is 23.3. The van der Waals surface area contributed by atoms with Crippen LogP contribution < -0.4 is 15.4 Å². The fourth-order valence-electron chi connectivity index (χ4n) is 4.95. The summed E-state index contributed by atoms with van der Waals surface area (Å²) in [7, 11) is 0. The Hall–Kier alpha value is -2.50. The molecule has 0 saturated heterocycles. The minimum atomic E-state index is -0.249. The summed E-state index contributed by atoms with van der Waals surface area (Å²) in [5.74, 6) is 1.47. The summed E-state index contributed by atoms with van der Waals surface area (Å²) in [5, 5.41) is 8.45. The van der Waals surface area contributed by atoms with Crippen LogP contribution in [-0.2, 0) is 19.4 Å². The third-order valence-corrected chi connectivity index (χ3v) is 9.18. The van der Waals surface area contributed by atoms with Gasteiger partial charge in [-0.2, -0.15) is 0 Å². The number of carbonyl (C=O) groups excluding carboxylic acids is 1. The molecule has 1 aromatic heterocycles. The van der Waals surface area contributed by atoms with Crippen molar-refractivity contribution < 1.29 is 9.53 Å². The van der Waals surface area contributed by atoms with Crippen molar-refractivity contribution in [1.82, 2.24) is 5.32 Å². The maximum Gasteiger partial charge on any atom is 0.256 e. The van der Waals surface area contributed by atoms with E-state index >= 15 is 0 Å². The Morgan fingerprint density at radius 3 is 2.62 bits per heavy atom. The molecule has 5 rings (SSSR count). The second kappa shape index (κ2) is 9.27. The molecule has 1 aliphatic heterocycles. The van der Waals surface area contributed by atoms with E-state index in [0.29, 0.717) is 23.0 Å². The molecule has 1 aliphatic carbocycles. The lowest BCUT2D eigenvalue weighted by Gasteiger charge is -2.36. The highest BCUT2D eigenvalue weighted by Gasteiger charge is 2.37. The lowest BCUT2D eigenvalue weighted by Crippen LogP contribution is -2.38. The van der Waals surface area contributed by atoms with Crippen LogP contribution >= 0.6 is 22.9 Å². The third kappa shape index (κ3) is 4.44. The molecule has 1 amide bonds. The molecule has 34 heavy (non-hydrogen) atoms. The molecule has 0 bridgehead atoms. The zero-order valence-corrected chi connectivity index (χ0v) is 21.5. The van der Waals surface area contributed by atoms with Gasteiger partial charge in [-0.05, 0) is 59.9 Å². The average Bonchev–Trinajstić information content (AvgIpc) is 3.22. The molecule has 2 heterocycles. The zero-order valence-electron chi connectivity index (χ0n) is 19.9. The van der Waals surface area contributed by atoms with E-state index in [4.69, 9.17) is 16.3 Å². The number of benzene rings is 2.